The van der Waals surface area contributed by atoms with Crippen molar-refractivity contribution in [3.05, 3.63) is 35.4 Å². The van der Waals surface area contributed by atoms with Gasteiger partial charge in [-0.3, -0.25) is 4.79 Å². The molecule has 0 unspecified atom stereocenters. The summed E-state index contributed by atoms with van der Waals surface area (Å²) in [4.78, 5) is 10.7. The first kappa shape index (κ1) is 14.7. The first-order valence-corrected chi connectivity index (χ1v) is 5.72. The molecule has 21 heavy (non-hydrogen) atoms. The van der Waals surface area contributed by atoms with Gasteiger partial charge in [0.05, 0.1) is 17.7 Å². The van der Waals surface area contributed by atoms with Crippen LogP contribution < -0.4 is 11.5 Å². The van der Waals surface area contributed by atoms with Crippen molar-refractivity contribution in [3.8, 4) is 5.69 Å². The quantitative estimate of drug-likeness (QED) is 0.799. The number of carbonyl (C=O) groups is 1. The molecule has 0 aliphatic heterocycles. The predicted octanol–water partition coefficient (Wildman–Crippen LogP) is 1.68. The van der Waals surface area contributed by atoms with Crippen LogP contribution in [0.25, 0.3) is 5.69 Å². The number of aliphatic carboxylic acids is 1. The fraction of sp³-hybridized carbons (Fsp3) is 0.167. The standard InChI is InChI=1S/C12H11F3N4O2/c13-12(14,15)6-2-1-3-7(4-6)19-11(17)8(5-9(20)21)10(16)18-19/h1-4H,5,17H2,(H2,16,18)(H,20,21). The van der Waals surface area contributed by atoms with Gasteiger partial charge in [0.15, 0.2) is 5.82 Å². The van der Waals surface area contributed by atoms with E-state index in [4.69, 9.17) is 16.6 Å². The Balaban J connectivity index is 2.51. The Labute approximate surface area is 116 Å². The van der Waals surface area contributed by atoms with E-state index in [9.17, 15) is 18.0 Å². The molecule has 112 valence electrons. The maximum absolute atomic E-state index is 12.7. The van der Waals surface area contributed by atoms with Crippen LogP contribution in [0.2, 0.25) is 0 Å². The van der Waals surface area contributed by atoms with Crippen molar-refractivity contribution in [2.24, 2.45) is 0 Å². The molecule has 0 saturated carbocycles. The van der Waals surface area contributed by atoms with Gasteiger partial charge >= 0.3 is 12.1 Å². The summed E-state index contributed by atoms with van der Waals surface area (Å²) in [7, 11) is 0. The third kappa shape index (κ3) is 2.91. The third-order valence-electron chi connectivity index (χ3n) is 2.80. The van der Waals surface area contributed by atoms with Crippen LogP contribution >= 0.6 is 0 Å². The molecule has 6 nitrogen and oxygen atoms in total. The fourth-order valence-corrected chi connectivity index (χ4v) is 1.82. The number of hydrogen-bond donors (Lipinski definition) is 3. The lowest BCUT2D eigenvalue weighted by atomic mass is 10.2. The Bertz CT molecular complexity index is 694. The first-order valence-electron chi connectivity index (χ1n) is 5.72. The number of carboxylic acid groups (broad SMARTS) is 1. The molecule has 0 aliphatic carbocycles. The van der Waals surface area contributed by atoms with Gasteiger partial charge in [-0.25, -0.2) is 4.68 Å². The SMILES string of the molecule is Nc1nn(-c2cccc(C(F)(F)F)c2)c(N)c1CC(=O)O. The number of anilines is 2. The normalized spacial score (nSPS) is 11.6. The fourth-order valence-electron chi connectivity index (χ4n) is 1.82. The minimum atomic E-state index is -4.51. The van der Waals surface area contributed by atoms with E-state index in [1.165, 1.54) is 12.1 Å². The highest BCUT2D eigenvalue weighted by molar-refractivity contribution is 5.75. The Morgan fingerprint density at radius 1 is 1.33 bits per heavy atom. The van der Waals surface area contributed by atoms with Crippen molar-refractivity contribution >= 4 is 17.6 Å². The largest absolute Gasteiger partial charge is 0.481 e. The number of benzene rings is 1. The highest BCUT2D eigenvalue weighted by Crippen LogP contribution is 2.31. The molecule has 0 saturated heterocycles. The highest BCUT2D eigenvalue weighted by atomic mass is 19.4. The van der Waals surface area contributed by atoms with Gasteiger partial charge in [-0.15, -0.1) is 5.10 Å². The van der Waals surface area contributed by atoms with Gasteiger partial charge in [-0.2, -0.15) is 13.2 Å². The van der Waals surface area contributed by atoms with Crippen LogP contribution in [0, 0.1) is 0 Å². The minimum Gasteiger partial charge on any atom is -0.481 e. The van der Waals surface area contributed by atoms with Gasteiger partial charge in [0, 0.05) is 5.56 Å². The lowest BCUT2D eigenvalue weighted by molar-refractivity contribution is -0.138. The second kappa shape index (κ2) is 5.00. The van der Waals surface area contributed by atoms with Gasteiger partial charge in [0.2, 0.25) is 0 Å². The molecule has 1 aromatic heterocycles. The molecule has 0 bridgehead atoms. The van der Waals surface area contributed by atoms with Crippen LogP contribution in [0.1, 0.15) is 11.1 Å². The summed E-state index contributed by atoms with van der Waals surface area (Å²) in [5.74, 6) is -1.40. The Morgan fingerprint density at radius 2 is 2.00 bits per heavy atom. The van der Waals surface area contributed by atoms with Crippen LogP contribution in [0.5, 0.6) is 0 Å². The van der Waals surface area contributed by atoms with Crippen LogP contribution in [-0.2, 0) is 17.4 Å². The predicted molar refractivity (Wildman–Crippen MR) is 68.7 cm³/mol. The number of halogens is 3. The van der Waals surface area contributed by atoms with Gasteiger partial charge in [-0.05, 0) is 18.2 Å². The van der Waals surface area contributed by atoms with Gasteiger partial charge in [0.1, 0.15) is 5.82 Å². The number of hydrogen-bond acceptors (Lipinski definition) is 4. The van der Waals surface area contributed by atoms with E-state index in [1.54, 1.807) is 0 Å². The smallest absolute Gasteiger partial charge is 0.416 e. The van der Waals surface area contributed by atoms with Crippen LogP contribution in [0.3, 0.4) is 0 Å². The minimum absolute atomic E-state index is 0.0469. The summed E-state index contributed by atoms with van der Waals surface area (Å²) in [5.41, 5.74) is 10.5. The molecule has 9 heteroatoms. The van der Waals surface area contributed by atoms with E-state index in [0.29, 0.717) is 0 Å². The zero-order chi connectivity index (χ0) is 15.8. The van der Waals surface area contributed by atoms with Crippen molar-refractivity contribution in [2.45, 2.75) is 12.6 Å². The third-order valence-corrected chi connectivity index (χ3v) is 2.80. The number of carboxylic acids is 1. The summed E-state index contributed by atoms with van der Waals surface area (Å²) in [5, 5.41) is 12.5. The van der Waals surface area contributed by atoms with Crippen LogP contribution in [0.15, 0.2) is 24.3 Å². The Kier molecular flexibility index (Phi) is 3.50. The van der Waals surface area contributed by atoms with Crippen LogP contribution in [-0.4, -0.2) is 20.9 Å². The van der Waals surface area contributed by atoms with E-state index in [0.717, 1.165) is 16.8 Å². The average Bonchev–Trinajstić information content (AvgIpc) is 2.65. The van der Waals surface area contributed by atoms with Crippen molar-refractivity contribution in [1.82, 2.24) is 9.78 Å². The van der Waals surface area contributed by atoms with Crippen LogP contribution in [0.4, 0.5) is 24.8 Å². The van der Waals surface area contributed by atoms with Crippen molar-refractivity contribution in [2.75, 3.05) is 11.5 Å². The molecular formula is C12H11F3N4O2. The summed E-state index contributed by atoms with van der Waals surface area (Å²) >= 11 is 0. The van der Waals surface area contributed by atoms with E-state index in [2.05, 4.69) is 5.10 Å². The van der Waals surface area contributed by atoms with E-state index < -0.39 is 24.1 Å². The van der Waals surface area contributed by atoms with E-state index in [1.807, 2.05) is 0 Å². The van der Waals surface area contributed by atoms with Gasteiger partial charge in [-0.1, -0.05) is 6.07 Å². The lowest BCUT2D eigenvalue weighted by Crippen LogP contribution is -2.08. The molecule has 0 fully saturated rings. The number of nitrogens with zero attached hydrogens (tertiary/aromatic N) is 2. The molecule has 5 N–H and O–H groups in total. The summed E-state index contributed by atoms with van der Waals surface area (Å²) in [6.45, 7) is 0. The summed E-state index contributed by atoms with van der Waals surface area (Å²) in [6, 6.07) is 4.33. The van der Waals surface area contributed by atoms with E-state index >= 15 is 0 Å². The monoisotopic (exact) mass is 300 g/mol. The van der Waals surface area contributed by atoms with Crippen molar-refractivity contribution in [3.63, 3.8) is 0 Å². The van der Waals surface area contributed by atoms with Gasteiger partial charge < -0.3 is 16.6 Å². The van der Waals surface area contributed by atoms with Crippen molar-refractivity contribution < 1.29 is 23.1 Å². The highest BCUT2D eigenvalue weighted by Gasteiger charge is 2.31. The zero-order valence-corrected chi connectivity index (χ0v) is 10.6. The molecule has 0 amide bonds. The second-order valence-electron chi connectivity index (χ2n) is 4.28. The molecule has 0 radical (unpaired) electrons. The number of alkyl halides is 3. The summed E-state index contributed by atoms with van der Waals surface area (Å²) < 4.78 is 39.0. The lowest BCUT2D eigenvalue weighted by Gasteiger charge is -2.09. The van der Waals surface area contributed by atoms with Gasteiger partial charge in [0.25, 0.3) is 0 Å². The maximum Gasteiger partial charge on any atom is 0.416 e. The maximum atomic E-state index is 12.7. The molecule has 2 rings (SSSR count). The molecule has 1 heterocycles. The Hall–Kier alpha value is -2.71. The number of nitrogen functional groups attached to an aromatic ring is 2. The molecule has 1 aromatic carbocycles. The molecule has 2 aromatic rings. The molecule has 0 aliphatic rings. The molecule has 0 atom stereocenters. The number of aromatic nitrogens is 2. The number of nitrogens with two attached hydrogens (primary N) is 2. The Morgan fingerprint density at radius 3 is 2.57 bits per heavy atom. The molecular weight excluding hydrogens is 289 g/mol. The molecule has 0 spiro atoms. The number of rotatable bonds is 3. The topological polar surface area (TPSA) is 107 Å². The van der Waals surface area contributed by atoms with E-state index in [-0.39, 0.29) is 22.9 Å². The average molecular weight is 300 g/mol. The second-order valence-corrected chi connectivity index (χ2v) is 4.28. The summed E-state index contributed by atoms with van der Waals surface area (Å²) in [6.07, 6.45) is -4.97. The zero-order valence-electron chi connectivity index (χ0n) is 10.6. The van der Waals surface area contributed by atoms with Crippen molar-refractivity contribution in [1.29, 1.82) is 0 Å². The first-order chi connectivity index (χ1) is 9.70.